The number of anilines is 1. The summed E-state index contributed by atoms with van der Waals surface area (Å²) in [6.07, 6.45) is 2.77. The van der Waals surface area contributed by atoms with Gasteiger partial charge in [-0.05, 0) is 31.5 Å². The summed E-state index contributed by atoms with van der Waals surface area (Å²) in [6.45, 7) is 3.82. The van der Waals surface area contributed by atoms with Gasteiger partial charge in [-0.3, -0.25) is 4.72 Å². The average molecular weight is 309 g/mol. The first kappa shape index (κ1) is 15.0. The third kappa shape index (κ3) is 3.05. The molecular formula is C13H15N3O4S. The quantitative estimate of drug-likeness (QED) is 0.875. The second-order valence-corrected chi connectivity index (χ2v) is 6.11. The van der Waals surface area contributed by atoms with Crippen LogP contribution in [0.5, 0.6) is 0 Å². The standard InChI is InChI=1S/C13H15N3O4S/c1-3-16-8-10(7-11(16)13(17)18)21(19,20)15-12-9(2)5-4-6-14-12/h4-8H,3H2,1-2H3,(H,14,15)(H,17,18). The Bertz CT molecular complexity index is 780. The van der Waals surface area contributed by atoms with Gasteiger partial charge in [0.15, 0.2) is 0 Å². The number of aryl methyl sites for hydroxylation is 2. The van der Waals surface area contributed by atoms with Crippen molar-refractivity contribution in [3.8, 4) is 0 Å². The zero-order valence-electron chi connectivity index (χ0n) is 11.6. The maximum atomic E-state index is 12.3. The number of carboxylic acid groups (broad SMARTS) is 1. The van der Waals surface area contributed by atoms with Crippen molar-refractivity contribution in [1.82, 2.24) is 9.55 Å². The maximum absolute atomic E-state index is 12.3. The number of pyridine rings is 1. The van der Waals surface area contributed by atoms with Crippen LogP contribution in [0.3, 0.4) is 0 Å². The van der Waals surface area contributed by atoms with E-state index >= 15 is 0 Å². The Morgan fingerprint density at radius 3 is 2.71 bits per heavy atom. The van der Waals surface area contributed by atoms with Gasteiger partial charge in [-0.25, -0.2) is 18.2 Å². The fourth-order valence-electron chi connectivity index (χ4n) is 1.85. The van der Waals surface area contributed by atoms with Gasteiger partial charge in [-0.1, -0.05) is 6.07 Å². The lowest BCUT2D eigenvalue weighted by atomic mass is 10.3. The number of hydrogen-bond acceptors (Lipinski definition) is 4. The molecule has 0 saturated heterocycles. The molecule has 0 fully saturated rings. The molecular weight excluding hydrogens is 294 g/mol. The Morgan fingerprint density at radius 2 is 2.19 bits per heavy atom. The van der Waals surface area contributed by atoms with E-state index in [4.69, 9.17) is 5.11 Å². The van der Waals surface area contributed by atoms with E-state index in [1.54, 1.807) is 26.0 Å². The van der Waals surface area contributed by atoms with Crippen LogP contribution in [0, 0.1) is 6.92 Å². The molecule has 112 valence electrons. The van der Waals surface area contributed by atoms with Crippen molar-refractivity contribution < 1.29 is 18.3 Å². The van der Waals surface area contributed by atoms with Crippen LogP contribution in [0.25, 0.3) is 0 Å². The fourth-order valence-corrected chi connectivity index (χ4v) is 2.97. The summed E-state index contributed by atoms with van der Waals surface area (Å²) in [5.74, 6) is -0.953. The van der Waals surface area contributed by atoms with Crippen LogP contribution in [0.4, 0.5) is 5.82 Å². The van der Waals surface area contributed by atoms with Crippen molar-refractivity contribution in [2.24, 2.45) is 0 Å². The highest BCUT2D eigenvalue weighted by Gasteiger charge is 2.21. The summed E-state index contributed by atoms with van der Waals surface area (Å²) in [4.78, 5) is 14.9. The maximum Gasteiger partial charge on any atom is 0.352 e. The van der Waals surface area contributed by atoms with Crippen molar-refractivity contribution >= 4 is 21.8 Å². The molecule has 0 spiro atoms. The molecule has 0 saturated carbocycles. The summed E-state index contributed by atoms with van der Waals surface area (Å²) < 4.78 is 28.3. The minimum absolute atomic E-state index is 0.0735. The number of nitrogens with one attached hydrogen (secondary N) is 1. The topological polar surface area (TPSA) is 101 Å². The average Bonchev–Trinajstić information content (AvgIpc) is 2.86. The SMILES string of the molecule is CCn1cc(S(=O)(=O)Nc2ncccc2C)cc1C(=O)O. The van der Waals surface area contributed by atoms with Crippen LogP contribution in [0.15, 0.2) is 35.5 Å². The number of carboxylic acids is 1. The number of nitrogens with zero attached hydrogens (tertiary/aromatic N) is 2. The molecule has 8 heteroatoms. The molecule has 0 aliphatic heterocycles. The van der Waals surface area contributed by atoms with Crippen molar-refractivity contribution in [2.45, 2.75) is 25.3 Å². The molecule has 2 rings (SSSR count). The monoisotopic (exact) mass is 309 g/mol. The van der Waals surface area contributed by atoms with Crippen LogP contribution in [0.1, 0.15) is 23.0 Å². The highest BCUT2D eigenvalue weighted by atomic mass is 32.2. The summed E-state index contributed by atoms with van der Waals surface area (Å²) in [7, 11) is -3.88. The van der Waals surface area contributed by atoms with E-state index < -0.39 is 16.0 Å². The first-order chi connectivity index (χ1) is 9.85. The van der Waals surface area contributed by atoms with E-state index in [9.17, 15) is 13.2 Å². The summed E-state index contributed by atoms with van der Waals surface area (Å²) in [5, 5.41) is 9.06. The molecule has 0 amide bonds. The predicted molar refractivity (Wildman–Crippen MR) is 76.8 cm³/mol. The van der Waals surface area contributed by atoms with Gasteiger partial charge >= 0.3 is 5.97 Å². The number of carbonyl (C=O) groups is 1. The summed E-state index contributed by atoms with van der Waals surface area (Å²) >= 11 is 0. The minimum atomic E-state index is -3.88. The zero-order valence-corrected chi connectivity index (χ0v) is 12.4. The van der Waals surface area contributed by atoms with Gasteiger partial charge in [0.25, 0.3) is 10.0 Å². The molecule has 0 aliphatic carbocycles. The van der Waals surface area contributed by atoms with Crippen LogP contribution >= 0.6 is 0 Å². The Hall–Kier alpha value is -2.35. The summed E-state index contributed by atoms with van der Waals surface area (Å²) in [6, 6.07) is 4.56. The van der Waals surface area contributed by atoms with Gasteiger partial charge in [-0.15, -0.1) is 0 Å². The third-order valence-corrected chi connectivity index (χ3v) is 4.29. The van der Waals surface area contributed by atoms with Gasteiger partial charge < -0.3 is 9.67 Å². The number of rotatable bonds is 5. The molecule has 0 atom stereocenters. The van der Waals surface area contributed by atoms with Gasteiger partial charge in [-0.2, -0.15) is 0 Å². The molecule has 0 aromatic carbocycles. The van der Waals surface area contributed by atoms with E-state index in [0.717, 1.165) is 6.07 Å². The second kappa shape index (κ2) is 5.57. The normalized spacial score (nSPS) is 11.3. The van der Waals surface area contributed by atoms with Crippen molar-refractivity contribution in [3.05, 3.63) is 41.9 Å². The molecule has 2 aromatic heterocycles. The predicted octanol–water partition coefficient (Wildman–Crippen LogP) is 1.71. The lowest BCUT2D eigenvalue weighted by Gasteiger charge is -2.07. The second-order valence-electron chi connectivity index (χ2n) is 4.43. The van der Waals surface area contributed by atoms with E-state index in [2.05, 4.69) is 9.71 Å². The third-order valence-electron chi connectivity index (χ3n) is 2.98. The Morgan fingerprint density at radius 1 is 1.48 bits per heavy atom. The molecule has 0 aliphatic rings. The van der Waals surface area contributed by atoms with E-state index in [0.29, 0.717) is 12.1 Å². The lowest BCUT2D eigenvalue weighted by molar-refractivity contribution is 0.0685. The van der Waals surface area contributed by atoms with Crippen molar-refractivity contribution in [1.29, 1.82) is 0 Å². The molecule has 2 heterocycles. The van der Waals surface area contributed by atoms with Crippen LogP contribution in [-0.4, -0.2) is 29.0 Å². The van der Waals surface area contributed by atoms with Gasteiger partial charge in [0.2, 0.25) is 0 Å². The first-order valence-corrected chi connectivity index (χ1v) is 7.71. The van der Waals surface area contributed by atoms with Gasteiger partial charge in [0, 0.05) is 18.9 Å². The highest BCUT2D eigenvalue weighted by Crippen LogP contribution is 2.19. The van der Waals surface area contributed by atoms with Gasteiger partial charge in [0.05, 0.1) is 0 Å². The lowest BCUT2D eigenvalue weighted by Crippen LogP contribution is -2.14. The molecule has 2 N–H and O–H groups in total. The Kier molecular flexibility index (Phi) is 3.99. The van der Waals surface area contributed by atoms with E-state index in [-0.39, 0.29) is 16.4 Å². The molecule has 2 aromatic rings. The number of sulfonamides is 1. The van der Waals surface area contributed by atoms with Crippen LogP contribution in [0.2, 0.25) is 0 Å². The molecule has 0 bridgehead atoms. The van der Waals surface area contributed by atoms with Crippen molar-refractivity contribution in [2.75, 3.05) is 4.72 Å². The van der Waals surface area contributed by atoms with Gasteiger partial charge in [0.1, 0.15) is 16.4 Å². The number of aromatic carboxylic acids is 1. The van der Waals surface area contributed by atoms with Crippen LogP contribution in [-0.2, 0) is 16.6 Å². The van der Waals surface area contributed by atoms with E-state index in [1.165, 1.54) is 17.0 Å². The molecule has 21 heavy (non-hydrogen) atoms. The molecule has 0 unspecified atom stereocenters. The summed E-state index contributed by atoms with van der Waals surface area (Å²) in [5.41, 5.74) is 0.602. The highest BCUT2D eigenvalue weighted by molar-refractivity contribution is 7.92. The molecule has 0 radical (unpaired) electrons. The Balaban J connectivity index is 2.41. The van der Waals surface area contributed by atoms with Crippen LogP contribution < -0.4 is 4.72 Å². The zero-order chi connectivity index (χ0) is 15.6. The minimum Gasteiger partial charge on any atom is -0.477 e. The number of hydrogen-bond donors (Lipinski definition) is 2. The molecule has 7 nitrogen and oxygen atoms in total. The van der Waals surface area contributed by atoms with E-state index in [1.807, 2.05) is 0 Å². The Labute approximate surface area is 122 Å². The number of aromatic nitrogens is 2. The fraction of sp³-hybridized carbons (Fsp3) is 0.231. The first-order valence-electron chi connectivity index (χ1n) is 6.23. The van der Waals surface area contributed by atoms with Crippen molar-refractivity contribution in [3.63, 3.8) is 0 Å². The largest absolute Gasteiger partial charge is 0.477 e. The smallest absolute Gasteiger partial charge is 0.352 e.